The molecule has 0 aliphatic heterocycles. The maximum absolute atomic E-state index is 7.07. The van der Waals surface area contributed by atoms with Crippen LogP contribution < -0.4 is 0 Å². The van der Waals surface area contributed by atoms with Crippen LogP contribution in [0.4, 0.5) is 0 Å². The first-order valence-corrected chi connectivity index (χ1v) is 16.7. The van der Waals surface area contributed by atoms with E-state index in [1.165, 1.54) is 57.8 Å². The Morgan fingerprint density at radius 3 is 2.39 bits per heavy atom. The quantitative estimate of drug-likeness (QED) is 0.150. The smallest absolute Gasteiger partial charge is 0.192 e. The third-order valence-electron chi connectivity index (χ3n) is 9.20. The first-order valence-electron chi connectivity index (χ1n) is 13.8. The van der Waals surface area contributed by atoms with Gasteiger partial charge in [0, 0.05) is 13.2 Å². The van der Waals surface area contributed by atoms with E-state index in [4.69, 9.17) is 13.9 Å². The van der Waals surface area contributed by atoms with Crippen LogP contribution in [0, 0.1) is 17.3 Å². The molecule has 3 nitrogen and oxygen atoms in total. The fourth-order valence-electron chi connectivity index (χ4n) is 6.02. The van der Waals surface area contributed by atoms with E-state index < -0.39 is 8.32 Å². The van der Waals surface area contributed by atoms with Crippen LogP contribution in [-0.2, 0) is 13.9 Å². The summed E-state index contributed by atoms with van der Waals surface area (Å²) in [6, 6.07) is 0. The predicted octanol–water partition coefficient (Wildman–Crippen LogP) is 8.89. The van der Waals surface area contributed by atoms with E-state index in [1.54, 1.807) is 12.7 Å². The Hall–Kier alpha value is -0.163. The minimum atomic E-state index is -1.76. The molecule has 0 aromatic rings. The Morgan fingerprint density at radius 1 is 1.12 bits per heavy atom. The van der Waals surface area contributed by atoms with Gasteiger partial charge in [-0.25, -0.2) is 0 Å². The van der Waals surface area contributed by atoms with Gasteiger partial charge < -0.3 is 13.9 Å². The number of allylic oxidation sites excluding steroid dienone is 2. The molecular formula is C29H56O3Si. The second-order valence-corrected chi connectivity index (χ2v) is 18.0. The Morgan fingerprint density at radius 2 is 1.79 bits per heavy atom. The lowest BCUT2D eigenvalue weighted by molar-refractivity contribution is -0.118. The molecule has 4 unspecified atom stereocenters. The van der Waals surface area contributed by atoms with Crippen molar-refractivity contribution in [3.05, 3.63) is 11.6 Å². The van der Waals surface area contributed by atoms with Gasteiger partial charge in [0.1, 0.15) is 6.79 Å². The van der Waals surface area contributed by atoms with Gasteiger partial charge in [-0.05, 0) is 87.8 Å². The lowest BCUT2D eigenvalue weighted by atomic mass is 9.62. The van der Waals surface area contributed by atoms with E-state index in [1.807, 2.05) is 0 Å². The van der Waals surface area contributed by atoms with Crippen LogP contribution >= 0.6 is 0 Å². The molecule has 33 heavy (non-hydrogen) atoms. The van der Waals surface area contributed by atoms with E-state index in [9.17, 15) is 0 Å². The molecule has 0 aromatic carbocycles. The molecule has 1 saturated carbocycles. The fourth-order valence-corrected chi connectivity index (χ4v) is 7.42. The van der Waals surface area contributed by atoms with Crippen molar-refractivity contribution >= 4 is 8.32 Å². The van der Waals surface area contributed by atoms with Gasteiger partial charge in [-0.15, -0.1) is 0 Å². The summed E-state index contributed by atoms with van der Waals surface area (Å²) in [5.41, 5.74) is 1.99. The predicted molar refractivity (Wildman–Crippen MR) is 144 cm³/mol. The first kappa shape index (κ1) is 29.1. The summed E-state index contributed by atoms with van der Waals surface area (Å²) in [6.07, 6.45) is 15.7. The van der Waals surface area contributed by atoms with Crippen LogP contribution in [0.3, 0.4) is 0 Å². The van der Waals surface area contributed by atoms with Crippen molar-refractivity contribution < 1.29 is 13.9 Å². The Bertz CT molecular complexity index is 633. The first-order chi connectivity index (χ1) is 15.3. The van der Waals surface area contributed by atoms with E-state index in [2.05, 4.69) is 67.6 Å². The summed E-state index contributed by atoms with van der Waals surface area (Å²) in [5.74, 6) is 1.38. The van der Waals surface area contributed by atoms with E-state index in [0.29, 0.717) is 30.1 Å². The van der Waals surface area contributed by atoms with Crippen LogP contribution in [0.2, 0.25) is 18.1 Å². The molecule has 2 rings (SSSR count). The SMILES string of the molecule is CCCCC(CCCC(C)(C)OCOC)C1=CCC2C(O[Si](C)(C)C(C)(C)C)CCCC12C. The summed E-state index contributed by atoms with van der Waals surface area (Å²) in [5, 5.41) is 0.275. The minimum Gasteiger partial charge on any atom is -0.414 e. The molecular weight excluding hydrogens is 424 g/mol. The highest BCUT2D eigenvalue weighted by Crippen LogP contribution is 2.57. The van der Waals surface area contributed by atoms with Crippen LogP contribution in [0.1, 0.15) is 113 Å². The van der Waals surface area contributed by atoms with Crippen LogP contribution in [-0.4, -0.2) is 33.9 Å². The molecule has 0 spiro atoms. The Balaban J connectivity index is 2.11. The fraction of sp³-hybridized carbons (Fsp3) is 0.931. The maximum Gasteiger partial charge on any atom is 0.192 e. The molecule has 0 radical (unpaired) electrons. The highest BCUT2D eigenvalue weighted by molar-refractivity contribution is 6.74. The largest absolute Gasteiger partial charge is 0.414 e. The summed E-state index contributed by atoms with van der Waals surface area (Å²) < 4.78 is 18.1. The molecule has 0 N–H and O–H groups in total. The van der Waals surface area contributed by atoms with Gasteiger partial charge in [0.25, 0.3) is 0 Å². The molecule has 2 aliphatic rings. The minimum absolute atomic E-state index is 0.116. The molecule has 0 saturated heterocycles. The third kappa shape index (κ3) is 7.41. The molecule has 1 fully saturated rings. The number of unbranched alkanes of at least 4 members (excludes halogenated alkanes) is 1. The van der Waals surface area contributed by atoms with Gasteiger partial charge in [-0.1, -0.05) is 72.0 Å². The highest BCUT2D eigenvalue weighted by atomic mass is 28.4. The van der Waals surface area contributed by atoms with E-state index >= 15 is 0 Å². The molecule has 0 aromatic heterocycles. The lowest BCUT2D eigenvalue weighted by Crippen LogP contribution is -2.49. The molecule has 194 valence electrons. The van der Waals surface area contributed by atoms with Crippen LogP contribution in [0.5, 0.6) is 0 Å². The topological polar surface area (TPSA) is 27.7 Å². The zero-order valence-electron chi connectivity index (χ0n) is 23.8. The second kappa shape index (κ2) is 11.7. The zero-order valence-corrected chi connectivity index (χ0v) is 24.8. The van der Waals surface area contributed by atoms with Gasteiger partial charge in [-0.3, -0.25) is 0 Å². The molecule has 4 heteroatoms. The van der Waals surface area contributed by atoms with Gasteiger partial charge in [-0.2, -0.15) is 0 Å². The summed E-state index contributed by atoms with van der Waals surface area (Å²) in [4.78, 5) is 0. The van der Waals surface area contributed by atoms with Gasteiger partial charge >= 0.3 is 0 Å². The lowest BCUT2D eigenvalue weighted by Gasteiger charge is -2.49. The van der Waals surface area contributed by atoms with E-state index in [-0.39, 0.29) is 10.6 Å². The second-order valence-electron chi connectivity index (χ2n) is 13.3. The maximum atomic E-state index is 7.07. The van der Waals surface area contributed by atoms with Gasteiger partial charge in [0.15, 0.2) is 8.32 Å². The standard InChI is InChI=1S/C29H56O3Si/c1-11-12-15-23(16-13-20-28(5,6)31-22-30-8)24-18-19-25-26(17-14-21-29(24,25)7)32-33(9,10)27(2,3)4/h18,23,25-26H,11-17,19-22H2,1-10H3. The van der Waals surface area contributed by atoms with Crippen molar-refractivity contribution in [1.82, 2.24) is 0 Å². The zero-order chi connectivity index (χ0) is 24.9. The number of ether oxygens (including phenoxy) is 2. The molecule has 2 aliphatic carbocycles. The number of rotatable bonds is 13. The van der Waals surface area contributed by atoms with Gasteiger partial charge in [0.05, 0.1) is 5.60 Å². The number of hydrogen-bond donors (Lipinski definition) is 0. The summed E-state index contributed by atoms with van der Waals surface area (Å²) in [6.45, 7) is 21.7. The molecule has 0 heterocycles. The van der Waals surface area contributed by atoms with E-state index in [0.717, 1.165) is 6.42 Å². The number of fused-ring (bicyclic) bond motifs is 1. The molecule has 4 atom stereocenters. The van der Waals surface area contributed by atoms with Crippen LogP contribution in [0.15, 0.2) is 11.6 Å². The third-order valence-corrected chi connectivity index (χ3v) is 13.7. The summed E-state index contributed by atoms with van der Waals surface area (Å²) in [7, 11) is -0.0546. The van der Waals surface area contributed by atoms with Gasteiger partial charge in [0.2, 0.25) is 0 Å². The van der Waals surface area contributed by atoms with Crippen molar-refractivity contribution in [3.63, 3.8) is 0 Å². The molecule has 0 amide bonds. The average Bonchev–Trinajstić information content (AvgIpc) is 3.06. The van der Waals surface area contributed by atoms with Crippen molar-refractivity contribution in [2.24, 2.45) is 17.3 Å². The Labute approximate surface area is 207 Å². The number of hydrogen-bond acceptors (Lipinski definition) is 3. The summed E-state index contributed by atoms with van der Waals surface area (Å²) >= 11 is 0. The van der Waals surface area contributed by atoms with Crippen molar-refractivity contribution in [1.29, 1.82) is 0 Å². The van der Waals surface area contributed by atoms with Crippen LogP contribution in [0.25, 0.3) is 0 Å². The molecule has 0 bridgehead atoms. The van der Waals surface area contributed by atoms with Crippen molar-refractivity contribution in [2.75, 3.05) is 13.9 Å². The highest BCUT2D eigenvalue weighted by Gasteiger charge is 2.51. The monoisotopic (exact) mass is 480 g/mol. The van der Waals surface area contributed by atoms with Crippen molar-refractivity contribution in [3.8, 4) is 0 Å². The average molecular weight is 481 g/mol. The normalized spacial score (nSPS) is 27.4. The number of methoxy groups -OCH3 is 1. The van der Waals surface area contributed by atoms with Crippen molar-refractivity contribution in [2.45, 2.75) is 143 Å². The Kier molecular flexibility index (Phi) is 10.3.